The zero-order valence-electron chi connectivity index (χ0n) is 10.5. The van der Waals surface area contributed by atoms with E-state index >= 15 is 0 Å². The normalized spacial score (nSPS) is 14.5. The average molecular weight is 246 g/mol. The van der Waals surface area contributed by atoms with Crippen LogP contribution in [0.2, 0.25) is 0 Å². The SMILES string of the molecule is Cc1ccsc1C(C)N[C@@H](C)c1cccnc1. The molecule has 0 spiro atoms. The van der Waals surface area contributed by atoms with E-state index in [0.29, 0.717) is 12.1 Å². The van der Waals surface area contributed by atoms with Crippen LogP contribution in [0.5, 0.6) is 0 Å². The number of hydrogen-bond donors (Lipinski definition) is 1. The number of nitrogens with one attached hydrogen (secondary N) is 1. The van der Waals surface area contributed by atoms with E-state index in [2.05, 4.69) is 48.6 Å². The van der Waals surface area contributed by atoms with Crippen LogP contribution < -0.4 is 5.32 Å². The summed E-state index contributed by atoms with van der Waals surface area (Å²) in [6.07, 6.45) is 3.73. The highest BCUT2D eigenvalue weighted by atomic mass is 32.1. The minimum Gasteiger partial charge on any atom is -0.303 e. The molecule has 1 N–H and O–H groups in total. The maximum absolute atomic E-state index is 4.16. The van der Waals surface area contributed by atoms with Crippen LogP contribution in [0.1, 0.15) is 41.9 Å². The molecule has 2 aromatic rings. The molecule has 17 heavy (non-hydrogen) atoms. The molecule has 0 aromatic carbocycles. The van der Waals surface area contributed by atoms with Gasteiger partial charge in [-0.1, -0.05) is 6.07 Å². The van der Waals surface area contributed by atoms with Crippen LogP contribution in [0.4, 0.5) is 0 Å². The highest BCUT2D eigenvalue weighted by Gasteiger charge is 2.13. The third-order valence-electron chi connectivity index (χ3n) is 2.98. The van der Waals surface area contributed by atoms with Crippen LogP contribution in [-0.4, -0.2) is 4.98 Å². The molecule has 2 heterocycles. The molecule has 2 atom stereocenters. The second-order valence-electron chi connectivity index (χ2n) is 4.36. The lowest BCUT2D eigenvalue weighted by Gasteiger charge is -2.20. The highest BCUT2D eigenvalue weighted by Crippen LogP contribution is 2.25. The van der Waals surface area contributed by atoms with Crippen LogP contribution in [-0.2, 0) is 0 Å². The van der Waals surface area contributed by atoms with E-state index in [0.717, 1.165) is 0 Å². The second-order valence-corrected chi connectivity index (χ2v) is 5.31. The number of rotatable bonds is 4. The van der Waals surface area contributed by atoms with Crippen molar-refractivity contribution < 1.29 is 0 Å². The predicted octanol–water partition coefficient (Wildman–Crippen LogP) is 3.86. The van der Waals surface area contributed by atoms with E-state index < -0.39 is 0 Å². The van der Waals surface area contributed by atoms with Crippen LogP contribution in [0, 0.1) is 6.92 Å². The van der Waals surface area contributed by atoms with Gasteiger partial charge in [-0.3, -0.25) is 4.98 Å². The van der Waals surface area contributed by atoms with Crippen molar-refractivity contribution in [1.82, 2.24) is 10.3 Å². The first-order valence-corrected chi connectivity index (χ1v) is 6.76. The van der Waals surface area contributed by atoms with Crippen molar-refractivity contribution in [3.8, 4) is 0 Å². The lowest BCUT2D eigenvalue weighted by Crippen LogP contribution is -2.22. The minimum atomic E-state index is 0.320. The largest absolute Gasteiger partial charge is 0.303 e. The molecule has 0 amide bonds. The molecule has 3 heteroatoms. The second kappa shape index (κ2) is 5.43. The Bertz CT molecular complexity index is 464. The van der Waals surface area contributed by atoms with Gasteiger partial charge >= 0.3 is 0 Å². The molecule has 0 aliphatic carbocycles. The van der Waals surface area contributed by atoms with Gasteiger partial charge in [-0.25, -0.2) is 0 Å². The Hall–Kier alpha value is -1.19. The maximum atomic E-state index is 4.16. The molecule has 0 aliphatic heterocycles. The summed E-state index contributed by atoms with van der Waals surface area (Å²) in [5, 5.41) is 5.76. The molecule has 2 rings (SSSR count). The summed E-state index contributed by atoms with van der Waals surface area (Å²) in [5.74, 6) is 0. The van der Waals surface area contributed by atoms with Gasteiger partial charge in [0.15, 0.2) is 0 Å². The molecule has 0 fully saturated rings. The number of pyridine rings is 1. The fourth-order valence-corrected chi connectivity index (χ4v) is 2.95. The third-order valence-corrected chi connectivity index (χ3v) is 4.18. The Labute approximate surface area is 107 Å². The van der Waals surface area contributed by atoms with Crippen molar-refractivity contribution in [2.75, 3.05) is 0 Å². The van der Waals surface area contributed by atoms with E-state index in [4.69, 9.17) is 0 Å². The van der Waals surface area contributed by atoms with Gasteiger partial charge in [0.05, 0.1) is 0 Å². The van der Waals surface area contributed by atoms with Crippen LogP contribution in [0.15, 0.2) is 36.0 Å². The van der Waals surface area contributed by atoms with E-state index in [-0.39, 0.29) is 0 Å². The smallest absolute Gasteiger partial charge is 0.0393 e. The Morgan fingerprint density at radius 2 is 2.06 bits per heavy atom. The Morgan fingerprint density at radius 1 is 1.24 bits per heavy atom. The summed E-state index contributed by atoms with van der Waals surface area (Å²) in [6.45, 7) is 6.56. The van der Waals surface area contributed by atoms with E-state index in [1.807, 2.05) is 29.8 Å². The van der Waals surface area contributed by atoms with Gasteiger partial charge in [-0.05, 0) is 49.4 Å². The van der Waals surface area contributed by atoms with Gasteiger partial charge in [-0.15, -0.1) is 11.3 Å². The first-order chi connectivity index (χ1) is 8.18. The summed E-state index contributed by atoms with van der Waals surface area (Å²) in [7, 11) is 0. The quantitative estimate of drug-likeness (QED) is 0.886. The van der Waals surface area contributed by atoms with E-state index in [1.54, 1.807) is 0 Å². The van der Waals surface area contributed by atoms with Crippen molar-refractivity contribution >= 4 is 11.3 Å². The van der Waals surface area contributed by atoms with Gasteiger partial charge in [-0.2, -0.15) is 0 Å². The number of aromatic nitrogens is 1. The molecular weight excluding hydrogens is 228 g/mol. The molecule has 0 bridgehead atoms. The fourth-order valence-electron chi connectivity index (χ4n) is 2.01. The molecule has 0 aliphatic rings. The lowest BCUT2D eigenvalue weighted by atomic mass is 10.1. The summed E-state index contributed by atoms with van der Waals surface area (Å²) < 4.78 is 0. The van der Waals surface area contributed by atoms with Crippen molar-refractivity contribution in [2.24, 2.45) is 0 Å². The highest BCUT2D eigenvalue weighted by molar-refractivity contribution is 7.10. The van der Waals surface area contributed by atoms with Gasteiger partial charge < -0.3 is 5.32 Å². The van der Waals surface area contributed by atoms with Crippen molar-refractivity contribution in [3.05, 3.63) is 52.0 Å². The number of hydrogen-bond acceptors (Lipinski definition) is 3. The molecule has 1 unspecified atom stereocenters. The number of aryl methyl sites for hydroxylation is 1. The predicted molar refractivity (Wildman–Crippen MR) is 73.3 cm³/mol. The molecule has 2 nitrogen and oxygen atoms in total. The molecule has 0 saturated heterocycles. The zero-order valence-corrected chi connectivity index (χ0v) is 11.3. The minimum absolute atomic E-state index is 0.320. The summed E-state index contributed by atoms with van der Waals surface area (Å²) >= 11 is 1.82. The first-order valence-electron chi connectivity index (χ1n) is 5.88. The topological polar surface area (TPSA) is 24.9 Å². The van der Waals surface area contributed by atoms with Gasteiger partial charge in [0, 0.05) is 29.4 Å². The van der Waals surface area contributed by atoms with Crippen LogP contribution >= 0.6 is 11.3 Å². The maximum Gasteiger partial charge on any atom is 0.0393 e. The summed E-state index contributed by atoms with van der Waals surface area (Å²) in [6, 6.07) is 6.96. The summed E-state index contributed by atoms with van der Waals surface area (Å²) in [5.41, 5.74) is 2.60. The molecule has 90 valence electrons. The van der Waals surface area contributed by atoms with Crippen LogP contribution in [0.3, 0.4) is 0 Å². The van der Waals surface area contributed by atoms with Gasteiger partial charge in [0.25, 0.3) is 0 Å². The summed E-state index contributed by atoms with van der Waals surface area (Å²) in [4.78, 5) is 5.57. The standard InChI is InChI=1S/C14H18N2S/c1-10-6-8-17-14(10)12(3)16-11(2)13-5-4-7-15-9-13/h4-9,11-12,16H,1-3H3/t11-,12?/m0/s1. The Morgan fingerprint density at radius 3 is 2.65 bits per heavy atom. The van der Waals surface area contributed by atoms with Gasteiger partial charge in [0.2, 0.25) is 0 Å². The van der Waals surface area contributed by atoms with Crippen molar-refractivity contribution in [1.29, 1.82) is 0 Å². The molecule has 2 aromatic heterocycles. The Balaban J connectivity index is 2.05. The first kappa shape index (κ1) is 12.3. The molecule has 0 saturated carbocycles. The lowest BCUT2D eigenvalue weighted by molar-refractivity contribution is 0.498. The third kappa shape index (κ3) is 2.93. The molecular formula is C14H18N2S. The number of nitrogens with zero attached hydrogens (tertiary/aromatic N) is 1. The Kier molecular flexibility index (Phi) is 3.92. The van der Waals surface area contributed by atoms with Crippen molar-refractivity contribution in [3.63, 3.8) is 0 Å². The van der Waals surface area contributed by atoms with E-state index in [1.165, 1.54) is 16.0 Å². The van der Waals surface area contributed by atoms with E-state index in [9.17, 15) is 0 Å². The molecule has 0 radical (unpaired) electrons. The van der Waals surface area contributed by atoms with Crippen LogP contribution in [0.25, 0.3) is 0 Å². The monoisotopic (exact) mass is 246 g/mol. The average Bonchev–Trinajstić information content (AvgIpc) is 2.76. The number of thiophene rings is 1. The van der Waals surface area contributed by atoms with Crippen molar-refractivity contribution in [2.45, 2.75) is 32.9 Å². The zero-order chi connectivity index (χ0) is 12.3. The van der Waals surface area contributed by atoms with Gasteiger partial charge in [0.1, 0.15) is 0 Å². The fraction of sp³-hybridized carbons (Fsp3) is 0.357.